The van der Waals surface area contributed by atoms with Gasteiger partial charge in [-0.25, -0.2) is 0 Å². The number of carbonyl (C=O) groups is 1. The van der Waals surface area contributed by atoms with Gasteiger partial charge in [0.25, 0.3) is 5.91 Å². The van der Waals surface area contributed by atoms with Gasteiger partial charge in [0.15, 0.2) is 0 Å². The number of thiophene rings is 1. The number of nitrogens with zero attached hydrogens (tertiary/aromatic N) is 2. The minimum Gasteiger partial charge on any atom is -0.337 e. The highest BCUT2D eigenvalue weighted by Gasteiger charge is 2.43. The van der Waals surface area contributed by atoms with Gasteiger partial charge in [-0.2, -0.15) is 0 Å². The molecule has 0 N–H and O–H groups in total. The quantitative estimate of drug-likeness (QED) is 0.788. The zero-order valence-electron chi connectivity index (χ0n) is 15.6. The van der Waals surface area contributed by atoms with Crippen LogP contribution in [0.15, 0.2) is 11.4 Å². The molecule has 1 aromatic rings. The third kappa shape index (κ3) is 3.80. The van der Waals surface area contributed by atoms with Crippen LogP contribution in [0.25, 0.3) is 0 Å². The van der Waals surface area contributed by atoms with E-state index in [1.807, 2.05) is 5.38 Å². The maximum Gasteiger partial charge on any atom is 0.264 e. The third-order valence-electron chi connectivity index (χ3n) is 6.76. The summed E-state index contributed by atoms with van der Waals surface area (Å²) in [5.41, 5.74) is 1.51. The monoisotopic (exact) mass is 360 g/mol. The molecule has 3 fully saturated rings. The number of rotatable bonds is 3. The first-order chi connectivity index (χ1) is 12.2. The molecule has 4 heteroatoms. The lowest BCUT2D eigenvalue weighted by Crippen LogP contribution is -2.47. The molecule has 1 unspecified atom stereocenters. The van der Waals surface area contributed by atoms with Crippen molar-refractivity contribution in [3.05, 3.63) is 21.9 Å². The third-order valence-corrected chi connectivity index (χ3v) is 7.77. The summed E-state index contributed by atoms with van der Waals surface area (Å²) in [4.78, 5) is 18.7. The van der Waals surface area contributed by atoms with Crippen LogP contribution in [0.3, 0.4) is 0 Å². The number of carbonyl (C=O) groups excluding carboxylic acids is 1. The van der Waals surface area contributed by atoms with Crippen LogP contribution < -0.4 is 0 Å². The molecule has 2 aliphatic heterocycles. The van der Waals surface area contributed by atoms with Crippen LogP contribution in [0.5, 0.6) is 0 Å². The predicted octanol–water partition coefficient (Wildman–Crippen LogP) is 4.56. The van der Waals surface area contributed by atoms with E-state index in [1.54, 1.807) is 11.3 Å². The summed E-state index contributed by atoms with van der Waals surface area (Å²) >= 11 is 1.60. The van der Waals surface area contributed by atoms with Crippen LogP contribution in [0.1, 0.15) is 66.6 Å². The Morgan fingerprint density at radius 3 is 2.76 bits per heavy atom. The lowest BCUT2D eigenvalue weighted by atomic mass is 9.78. The Labute approximate surface area is 156 Å². The summed E-state index contributed by atoms with van der Waals surface area (Å²) in [6, 6.07) is 2.07. The van der Waals surface area contributed by atoms with Crippen molar-refractivity contribution in [1.29, 1.82) is 0 Å². The fourth-order valence-corrected chi connectivity index (χ4v) is 6.27. The second-order valence-electron chi connectivity index (χ2n) is 8.75. The first-order valence-corrected chi connectivity index (χ1v) is 11.1. The van der Waals surface area contributed by atoms with Gasteiger partial charge in [0.1, 0.15) is 0 Å². The zero-order valence-corrected chi connectivity index (χ0v) is 16.5. The molecule has 25 heavy (non-hydrogen) atoms. The summed E-state index contributed by atoms with van der Waals surface area (Å²) in [5, 5.41) is 2.04. The molecular weight excluding hydrogens is 328 g/mol. The predicted molar refractivity (Wildman–Crippen MR) is 104 cm³/mol. The molecule has 1 aromatic heterocycles. The minimum absolute atomic E-state index is 0.272. The van der Waals surface area contributed by atoms with Gasteiger partial charge in [0.2, 0.25) is 0 Å². The SMILES string of the molecule is Cc1ccsc1C(=O)N1CCC2(CCCN(CC3CCCCC3)C2)C1. The Bertz CT molecular complexity index is 607. The van der Waals surface area contributed by atoms with Gasteiger partial charge in [-0.3, -0.25) is 4.79 Å². The van der Waals surface area contributed by atoms with Gasteiger partial charge < -0.3 is 9.80 Å². The molecule has 1 saturated carbocycles. The van der Waals surface area contributed by atoms with E-state index in [0.29, 0.717) is 5.41 Å². The highest BCUT2D eigenvalue weighted by Crippen LogP contribution is 2.40. The van der Waals surface area contributed by atoms with E-state index >= 15 is 0 Å². The molecule has 3 heterocycles. The first kappa shape index (κ1) is 17.5. The van der Waals surface area contributed by atoms with Crippen molar-refractivity contribution in [2.75, 3.05) is 32.7 Å². The van der Waals surface area contributed by atoms with Gasteiger partial charge in [-0.15, -0.1) is 11.3 Å². The van der Waals surface area contributed by atoms with Crippen LogP contribution in [0.2, 0.25) is 0 Å². The van der Waals surface area contributed by atoms with Crippen molar-refractivity contribution in [3.63, 3.8) is 0 Å². The van der Waals surface area contributed by atoms with Crippen molar-refractivity contribution < 1.29 is 4.79 Å². The normalized spacial score (nSPS) is 28.8. The lowest BCUT2D eigenvalue weighted by molar-refractivity contribution is 0.0633. The highest BCUT2D eigenvalue weighted by molar-refractivity contribution is 7.12. The minimum atomic E-state index is 0.272. The highest BCUT2D eigenvalue weighted by atomic mass is 32.1. The number of likely N-dealkylation sites (tertiary alicyclic amines) is 2. The fraction of sp³-hybridized carbons (Fsp3) is 0.762. The van der Waals surface area contributed by atoms with E-state index in [9.17, 15) is 4.79 Å². The summed E-state index contributed by atoms with van der Waals surface area (Å²) in [6.07, 6.45) is 11.0. The molecule has 1 aliphatic carbocycles. The zero-order chi connectivity index (χ0) is 17.3. The Hall–Kier alpha value is -0.870. The van der Waals surface area contributed by atoms with E-state index < -0.39 is 0 Å². The standard InChI is InChI=1S/C21H32N2OS/c1-17-8-13-25-19(17)20(24)23-12-10-21(16-23)9-5-11-22(15-21)14-18-6-3-2-4-7-18/h8,13,18H,2-7,9-12,14-16H2,1H3. The second-order valence-corrected chi connectivity index (χ2v) is 9.67. The molecule has 2 saturated heterocycles. The average molecular weight is 361 g/mol. The number of amides is 1. The Morgan fingerprint density at radius 2 is 2.00 bits per heavy atom. The molecule has 3 nitrogen and oxygen atoms in total. The number of piperidine rings is 1. The van der Waals surface area contributed by atoms with Crippen LogP contribution in [-0.4, -0.2) is 48.4 Å². The topological polar surface area (TPSA) is 23.6 Å². The number of hydrogen-bond donors (Lipinski definition) is 0. The number of aryl methyl sites for hydroxylation is 1. The average Bonchev–Trinajstić information content (AvgIpc) is 3.22. The maximum absolute atomic E-state index is 12.9. The Kier molecular flexibility index (Phi) is 5.19. The van der Waals surface area contributed by atoms with Crippen molar-refractivity contribution in [3.8, 4) is 0 Å². The van der Waals surface area contributed by atoms with Gasteiger partial charge in [0.05, 0.1) is 4.88 Å². The summed E-state index contributed by atoms with van der Waals surface area (Å²) < 4.78 is 0. The van der Waals surface area contributed by atoms with Gasteiger partial charge in [-0.05, 0) is 68.5 Å². The van der Waals surface area contributed by atoms with Gasteiger partial charge in [0, 0.05) is 31.6 Å². The van der Waals surface area contributed by atoms with Crippen molar-refractivity contribution in [1.82, 2.24) is 9.80 Å². The molecule has 0 radical (unpaired) electrons. The van der Waals surface area contributed by atoms with Crippen LogP contribution >= 0.6 is 11.3 Å². The van der Waals surface area contributed by atoms with Crippen LogP contribution in [0, 0.1) is 18.3 Å². The summed E-state index contributed by atoms with van der Waals surface area (Å²) in [7, 11) is 0. The Balaban J connectivity index is 1.37. The summed E-state index contributed by atoms with van der Waals surface area (Å²) in [5.74, 6) is 1.20. The van der Waals surface area contributed by atoms with E-state index in [4.69, 9.17) is 0 Å². The van der Waals surface area contributed by atoms with Crippen LogP contribution in [0.4, 0.5) is 0 Å². The fourth-order valence-electron chi connectivity index (χ4n) is 5.38. The van der Waals surface area contributed by atoms with E-state index in [0.717, 1.165) is 29.4 Å². The first-order valence-electron chi connectivity index (χ1n) is 10.2. The molecule has 1 atom stereocenters. The molecule has 0 aromatic carbocycles. The van der Waals surface area contributed by atoms with Gasteiger partial charge >= 0.3 is 0 Å². The lowest BCUT2D eigenvalue weighted by Gasteiger charge is -2.42. The van der Waals surface area contributed by atoms with E-state index in [1.165, 1.54) is 71.0 Å². The molecule has 1 spiro atoms. The molecule has 3 aliphatic rings. The van der Waals surface area contributed by atoms with Crippen molar-refractivity contribution in [2.45, 2.75) is 58.3 Å². The van der Waals surface area contributed by atoms with E-state index in [2.05, 4.69) is 22.8 Å². The Morgan fingerprint density at radius 1 is 1.16 bits per heavy atom. The maximum atomic E-state index is 12.9. The van der Waals surface area contributed by atoms with Gasteiger partial charge in [-0.1, -0.05) is 19.3 Å². The number of hydrogen-bond acceptors (Lipinski definition) is 3. The van der Waals surface area contributed by atoms with Crippen molar-refractivity contribution >= 4 is 17.2 Å². The summed E-state index contributed by atoms with van der Waals surface area (Å²) in [6.45, 7) is 7.78. The largest absolute Gasteiger partial charge is 0.337 e. The molecular formula is C21H32N2OS. The smallest absolute Gasteiger partial charge is 0.264 e. The molecule has 138 valence electrons. The van der Waals surface area contributed by atoms with E-state index in [-0.39, 0.29) is 5.91 Å². The molecule has 4 rings (SSSR count). The second kappa shape index (κ2) is 7.40. The molecule has 0 bridgehead atoms. The van der Waals surface area contributed by atoms with Crippen LogP contribution in [-0.2, 0) is 0 Å². The molecule has 1 amide bonds. The van der Waals surface area contributed by atoms with Crippen molar-refractivity contribution in [2.24, 2.45) is 11.3 Å².